The van der Waals surface area contributed by atoms with Crippen LogP contribution in [0.15, 0.2) is 60.8 Å². The maximum Gasteiger partial charge on any atom is 0.236 e. The van der Waals surface area contributed by atoms with E-state index < -0.39 is 0 Å². The molecule has 1 aliphatic rings. The van der Waals surface area contributed by atoms with Gasteiger partial charge in [0.15, 0.2) is 0 Å². The third-order valence-electron chi connectivity index (χ3n) is 6.26. The number of allylic oxidation sites excluding steroid dienone is 1. The number of nitrogens with one attached hydrogen (secondary N) is 1. The van der Waals surface area contributed by atoms with E-state index in [-0.39, 0.29) is 11.8 Å². The summed E-state index contributed by atoms with van der Waals surface area (Å²) in [6, 6.07) is 14.3. The number of para-hydroxylation sites is 1. The third kappa shape index (κ3) is 5.63. The predicted molar refractivity (Wildman–Crippen MR) is 137 cm³/mol. The second kappa shape index (κ2) is 11.4. The van der Waals surface area contributed by atoms with E-state index >= 15 is 0 Å². The molecule has 4 heteroatoms. The minimum Gasteiger partial charge on any atom is -0.388 e. The van der Waals surface area contributed by atoms with Crippen LogP contribution in [0.4, 0.5) is 5.69 Å². The quantitative estimate of drug-likeness (QED) is 0.425. The number of halogens is 1. The minimum absolute atomic E-state index is 0.149. The summed E-state index contributed by atoms with van der Waals surface area (Å²) < 4.78 is 0. The number of hydrogen-bond acceptors (Lipinski definition) is 2. The molecule has 3 nitrogen and oxygen atoms in total. The average molecular weight is 451 g/mol. The molecule has 1 amide bonds. The van der Waals surface area contributed by atoms with Crippen LogP contribution in [0.2, 0.25) is 5.02 Å². The van der Waals surface area contributed by atoms with Gasteiger partial charge in [0.05, 0.1) is 5.92 Å². The smallest absolute Gasteiger partial charge is 0.236 e. The molecule has 0 aromatic heterocycles. The monoisotopic (exact) mass is 450 g/mol. The highest BCUT2D eigenvalue weighted by atomic mass is 35.5. The van der Waals surface area contributed by atoms with Gasteiger partial charge in [-0.05, 0) is 73.1 Å². The highest BCUT2D eigenvalue weighted by Gasteiger charge is 2.35. The lowest BCUT2D eigenvalue weighted by atomic mass is 9.96. The molecule has 0 bridgehead atoms. The molecule has 1 fully saturated rings. The Labute approximate surface area is 198 Å². The van der Waals surface area contributed by atoms with Crippen LogP contribution in [0, 0.1) is 12.8 Å². The average Bonchev–Trinajstić information content (AvgIpc) is 3.18. The van der Waals surface area contributed by atoms with Crippen molar-refractivity contribution in [2.45, 2.75) is 52.9 Å². The van der Waals surface area contributed by atoms with Gasteiger partial charge in [0, 0.05) is 29.5 Å². The van der Waals surface area contributed by atoms with Crippen LogP contribution in [-0.4, -0.2) is 19.0 Å². The highest BCUT2D eigenvalue weighted by Crippen LogP contribution is 2.31. The normalized spacial score (nSPS) is 16.5. The van der Waals surface area contributed by atoms with Crippen LogP contribution in [0.1, 0.15) is 56.2 Å². The lowest BCUT2D eigenvalue weighted by Crippen LogP contribution is -2.31. The summed E-state index contributed by atoms with van der Waals surface area (Å²) in [5, 5.41) is 4.21. The van der Waals surface area contributed by atoms with Crippen molar-refractivity contribution in [2.24, 2.45) is 5.92 Å². The number of unbranched alkanes of at least 4 members (excludes halogenated alkanes) is 1. The molecule has 1 heterocycles. The number of anilines is 1. The summed E-state index contributed by atoms with van der Waals surface area (Å²) in [7, 11) is 0. The number of amides is 1. The van der Waals surface area contributed by atoms with E-state index in [1.807, 2.05) is 29.2 Å². The van der Waals surface area contributed by atoms with Gasteiger partial charge in [-0.3, -0.25) is 4.79 Å². The Bertz CT molecular complexity index is 995. The fourth-order valence-corrected chi connectivity index (χ4v) is 4.57. The van der Waals surface area contributed by atoms with Gasteiger partial charge in [-0.1, -0.05) is 68.8 Å². The highest BCUT2D eigenvalue weighted by molar-refractivity contribution is 6.30. The van der Waals surface area contributed by atoms with E-state index in [1.165, 1.54) is 22.3 Å². The fraction of sp³-hybridized carbons (Fsp3) is 0.393. The molecule has 1 N–H and O–H groups in total. The maximum absolute atomic E-state index is 13.2. The van der Waals surface area contributed by atoms with Crippen LogP contribution < -0.4 is 10.2 Å². The van der Waals surface area contributed by atoms with Crippen molar-refractivity contribution in [1.82, 2.24) is 5.32 Å². The van der Waals surface area contributed by atoms with E-state index in [0.29, 0.717) is 0 Å². The summed E-state index contributed by atoms with van der Waals surface area (Å²) in [5.74, 6) is -0.0216. The molecular weight excluding hydrogens is 416 g/mol. The summed E-state index contributed by atoms with van der Waals surface area (Å²) in [4.78, 5) is 15.1. The first-order valence-corrected chi connectivity index (χ1v) is 12.1. The first-order valence-electron chi connectivity index (χ1n) is 11.7. The standard InChI is InChI=1S/C28H35ClN2O/c1-5-7-10-23(26-19-24(29)14-13-20(26)3)15-17-30-21(4)25-16-18-31(28(25)32)27-12-9-8-11-22(27)6-2/h8-14,19,25,30H,4-7,15-18H2,1-3H3/b23-10-. The number of rotatable bonds is 10. The van der Waals surface area contributed by atoms with Crippen LogP contribution in [0.5, 0.6) is 0 Å². The van der Waals surface area contributed by atoms with Gasteiger partial charge < -0.3 is 10.2 Å². The molecule has 0 radical (unpaired) electrons. The topological polar surface area (TPSA) is 32.3 Å². The molecule has 0 saturated carbocycles. The molecular formula is C28H35ClN2O. The molecule has 2 aromatic carbocycles. The second-order valence-electron chi connectivity index (χ2n) is 8.49. The first kappa shape index (κ1) is 24.1. The van der Waals surface area contributed by atoms with Crippen LogP contribution in [0.25, 0.3) is 5.57 Å². The van der Waals surface area contributed by atoms with Crippen molar-refractivity contribution in [1.29, 1.82) is 0 Å². The first-order chi connectivity index (χ1) is 15.5. The van der Waals surface area contributed by atoms with Crippen molar-refractivity contribution in [3.63, 3.8) is 0 Å². The molecule has 1 atom stereocenters. The van der Waals surface area contributed by atoms with Crippen LogP contribution in [-0.2, 0) is 11.2 Å². The van der Waals surface area contributed by atoms with Gasteiger partial charge in [-0.15, -0.1) is 0 Å². The lowest BCUT2D eigenvalue weighted by Gasteiger charge is -2.21. The number of hydrogen-bond donors (Lipinski definition) is 1. The Balaban J connectivity index is 1.63. The summed E-state index contributed by atoms with van der Waals surface area (Å²) in [6.07, 6.45) is 7.04. The number of carbonyl (C=O) groups excluding carboxylic acids is 1. The number of nitrogens with zero attached hydrogens (tertiary/aromatic N) is 1. The van der Waals surface area contributed by atoms with Gasteiger partial charge in [0.2, 0.25) is 5.91 Å². The van der Waals surface area contributed by atoms with Gasteiger partial charge in [0.25, 0.3) is 0 Å². The van der Waals surface area contributed by atoms with Crippen molar-refractivity contribution >= 4 is 28.8 Å². The third-order valence-corrected chi connectivity index (χ3v) is 6.50. The molecule has 1 unspecified atom stereocenters. The molecule has 32 heavy (non-hydrogen) atoms. The molecule has 1 aliphatic heterocycles. The molecule has 0 spiro atoms. The molecule has 3 rings (SSSR count). The molecule has 170 valence electrons. The maximum atomic E-state index is 13.2. The zero-order chi connectivity index (χ0) is 23.1. The summed E-state index contributed by atoms with van der Waals surface area (Å²) >= 11 is 6.27. The zero-order valence-corrected chi connectivity index (χ0v) is 20.3. The number of carbonyl (C=O) groups is 1. The number of aryl methyl sites for hydroxylation is 2. The van der Waals surface area contributed by atoms with E-state index in [1.54, 1.807) is 0 Å². The lowest BCUT2D eigenvalue weighted by molar-refractivity contribution is -0.119. The zero-order valence-electron chi connectivity index (χ0n) is 19.6. The SMILES string of the molecule is C=C(NCC/C(=C/CCC)c1cc(Cl)ccc1C)C1CCN(c2ccccc2CC)C1=O. The number of benzene rings is 2. The van der Waals surface area contributed by atoms with Crippen molar-refractivity contribution in [3.8, 4) is 0 Å². The molecule has 0 aliphatic carbocycles. The minimum atomic E-state index is -0.170. The summed E-state index contributed by atoms with van der Waals surface area (Å²) in [5.41, 5.74) is 6.80. The van der Waals surface area contributed by atoms with Crippen molar-refractivity contribution in [3.05, 3.63) is 82.5 Å². The predicted octanol–water partition coefficient (Wildman–Crippen LogP) is 6.94. The Morgan fingerprint density at radius 3 is 2.78 bits per heavy atom. The van der Waals surface area contributed by atoms with Gasteiger partial charge in [-0.2, -0.15) is 0 Å². The molecule has 1 saturated heterocycles. The van der Waals surface area contributed by atoms with Gasteiger partial charge in [-0.25, -0.2) is 0 Å². The Morgan fingerprint density at radius 2 is 2.03 bits per heavy atom. The van der Waals surface area contributed by atoms with E-state index in [0.717, 1.165) is 61.6 Å². The van der Waals surface area contributed by atoms with Crippen LogP contribution >= 0.6 is 11.6 Å². The fourth-order valence-electron chi connectivity index (χ4n) is 4.40. The van der Waals surface area contributed by atoms with Gasteiger partial charge >= 0.3 is 0 Å². The van der Waals surface area contributed by atoms with E-state index in [2.05, 4.69) is 56.9 Å². The van der Waals surface area contributed by atoms with E-state index in [4.69, 9.17) is 11.6 Å². The van der Waals surface area contributed by atoms with Gasteiger partial charge in [0.1, 0.15) is 0 Å². The van der Waals surface area contributed by atoms with Crippen LogP contribution in [0.3, 0.4) is 0 Å². The summed E-state index contributed by atoms with van der Waals surface area (Å²) in [6.45, 7) is 12.1. The largest absolute Gasteiger partial charge is 0.388 e. The van der Waals surface area contributed by atoms with E-state index in [9.17, 15) is 4.79 Å². The Kier molecular flexibility index (Phi) is 8.58. The Morgan fingerprint density at radius 1 is 1.25 bits per heavy atom. The second-order valence-corrected chi connectivity index (χ2v) is 8.93. The van der Waals surface area contributed by atoms with Crippen molar-refractivity contribution < 1.29 is 4.79 Å². The molecule has 2 aromatic rings. The Hall–Kier alpha value is -2.52. The van der Waals surface area contributed by atoms with Crippen molar-refractivity contribution in [2.75, 3.05) is 18.0 Å².